The van der Waals surface area contributed by atoms with Crippen molar-refractivity contribution in [3.63, 3.8) is 0 Å². The molecule has 1 unspecified atom stereocenters. The molecule has 1 heterocycles. The number of nitrogens with one attached hydrogen (secondary N) is 2. The van der Waals surface area contributed by atoms with Gasteiger partial charge in [-0.2, -0.15) is 4.72 Å². The molecule has 1 saturated heterocycles. The predicted octanol–water partition coefficient (Wildman–Crippen LogP) is 0.347. The number of carbonyl (C=O) groups is 2. The lowest BCUT2D eigenvalue weighted by Gasteiger charge is -2.31. The van der Waals surface area contributed by atoms with E-state index in [2.05, 4.69) is 10.0 Å². The Labute approximate surface area is 153 Å². The summed E-state index contributed by atoms with van der Waals surface area (Å²) in [4.78, 5) is 25.8. The third-order valence-electron chi connectivity index (χ3n) is 4.02. The monoisotopic (exact) mass is 383 g/mol. The number of methoxy groups -OCH3 is 1. The van der Waals surface area contributed by atoms with Crippen molar-refractivity contribution in [2.45, 2.75) is 31.2 Å². The van der Waals surface area contributed by atoms with Crippen molar-refractivity contribution in [2.24, 2.45) is 5.92 Å². The lowest BCUT2D eigenvalue weighted by Crippen LogP contribution is -2.56. The summed E-state index contributed by atoms with van der Waals surface area (Å²) >= 11 is 0. The van der Waals surface area contributed by atoms with Gasteiger partial charge in [0.25, 0.3) is 0 Å². The van der Waals surface area contributed by atoms with Crippen LogP contribution in [0.15, 0.2) is 29.2 Å². The molecule has 144 valence electrons. The van der Waals surface area contributed by atoms with Crippen LogP contribution in [0.5, 0.6) is 5.75 Å². The first kappa shape index (κ1) is 20.2. The van der Waals surface area contributed by atoms with Crippen LogP contribution in [0.3, 0.4) is 0 Å². The Kier molecular flexibility index (Phi) is 6.60. The summed E-state index contributed by atoms with van der Waals surface area (Å²) in [6.45, 7) is 4.49. The number of nitrogens with zero attached hydrogens (tertiary/aromatic N) is 1. The number of hydrogen-bond donors (Lipinski definition) is 2. The van der Waals surface area contributed by atoms with Crippen LogP contribution in [-0.4, -0.2) is 57.9 Å². The molecule has 2 N–H and O–H groups in total. The fourth-order valence-electron chi connectivity index (χ4n) is 2.73. The Morgan fingerprint density at radius 1 is 1.31 bits per heavy atom. The van der Waals surface area contributed by atoms with Gasteiger partial charge in [0.1, 0.15) is 11.8 Å². The molecule has 0 bridgehead atoms. The third kappa shape index (κ3) is 5.18. The van der Waals surface area contributed by atoms with Crippen LogP contribution < -0.4 is 14.8 Å². The van der Waals surface area contributed by atoms with Crippen LogP contribution in [0.2, 0.25) is 0 Å². The maximum Gasteiger partial charge on any atom is 0.241 e. The Bertz CT molecular complexity index is 746. The first-order chi connectivity index (χ1) is 12.2. The molecule has 0 aliphatic carbocycles. The molecule has 0 aromatic heterocycles. The summed E-state index contributed by atoms with van der Waals surface area (Å²) < 4.78 is 32.9. The fraction of sp³-hybridized carbons (Fsp3) is 0.529. The first-order valence-electron chi connectivity index (χ1n) is 8.45. The van der Waals surface area contributed by atoms with E-state index in [9.17, 15) is 18.0 Å². The number of piperazine rings is 1. The Balaban J connectivity index is 2.19. The van der Waals surface area contributed by atoms with Crippen molar-refractivity contribution in [1.82, 2.24) is 14.9 Å². The highest BCUT2D eigenvalue weighted by molar-refractivity contribution is 7.89. The van der Waals surface area contributed by atoms with E-state index in [1.54, 1.807) is 12.1 Å². The number of benzene rings is 1. The van der Waals surface area contributed by atoms with Gasteiger partial charge in [-0.3, -0.25) is 9.59 Å². The van der Waals surface area contributed by atoms with Crippen LogP contribution in [0.1, 0.15) is 20.3 Å². The van der Waals surface area contributed by atoms with Crippen molar-refractivity contribution in [3.05, 3.63) is 24.3 Å². The van der Waals surface area contributed by atoms with E-state index in [1.165, 1.54) is 24.1 Å². The topological polar surface area (TPSA) is 105 Å². The number of carbonyl (C=O) groups excluding carboxylic acids is 2. The van der Waals surface area contributed by atoms with Crippen LogP contribution in [0.25, 0.3) is 0 Å². The minimum absolute atomic E-state index is 0.0521. The molecule has 1 atom stereocenters. The van der Waals surface area contributed by atoms with Crippen molar-refractivity contribution >= 4 is 21.8 Å². The molecule has 1 fully saturated rings. The number of amides is 2. The molecule has 1 aliphatic rings. The van der Waals surface area contributed by atoms with Gasteiger partial charge < -0.3 is 15.0 Å². The van der Waals surface area contributed by atoms with Crippen molar-refractivity contribution < 1.29 is 22.7 Å². The third-order valence-corrected chi connectivity index (χ3v) is 5.51. The summed E-state index contributed by atoms with van der Waals surface area (Å²) in [5, 5.41) is 2.65. The lowest BCUT2D eigenvalue weighted by atomic mass is 10.0. The largest absolute Gasteiger partial charge is 0.497 e. The van der Waals surface area contributed by atoms with Crippen molar-refractivity contribution in [2.75, 3.05) is 26.7 Å². The average Bonchev–Trinajstić information content (AvgIpc) is 2.60. The second kappa shape index (κ2) is 8.50. The molecule has 2 amide bonds. The van der Waals surface area contributed by atoms with E-state index in [0.717, 1.165) is 0 Å². The van der Waals surface area contributed by atoms with E-state index in [4.69, 9.17) is 4.74 Å². The first-order valence-corrected chi connectivity index (χ1v) is 9.93. The smallest absolute Gasteiger partial charge is 0.241 e. The van der Waals surface area contributed by atoms with Gasteiger partial charge in [-0.05, 0) is 36.6 Å². The molecular formula is C17H25N3O5S. The predicted molar refractivity (Wildman–Crippen MR) is 96.1 cm³/mol. The summed E-state index contributed by atoms with van der Waals surface area (Å²) in [5.74, 6) is 0.00997. The van der Waals surface area contributed by atoms with Crippen LogP contribution in [0.4, 0.5) is 0 Å². The molecule has 1 aromatic rings. The zero-order chi connectivity index (χ0) is 19.3. The molecule has 1 aliphatic heterocycles. The molecular weight excluding hydrogens is 358 g/mol. The number of rotatable bonds is 7. The standard InChI is InChI=1S/C17H25N3O5S/c1-12(2)10-15(17(22)20-9-8-18-16(21)11-20)19-26(23,24)14-6-4-13(25-3)5-7-14/h4-7,12,15,19H,8-11H2,1-3H3,(H,18,21). The molecule has 9 heteroatoms. The highest BCUT2D eigenvalue weighted by atomic mass is 32.2. The highest BCUT2D eigenvalue weighted by Crippen LogP contribution is 2.17. The molecule has 0 saturated carbocycles. The second-order valence-electron chi connectivity index (χ2n) is 6.59. The second-order valence-corrected chi connectivity index (χ2v) is 8.30. The van der Waals surface area contributed by atoms with E-state index < -0.39 is 16.1 Å². The van der Waals surface area contributed by atoms with E-state index in [-0.39, 0.29) is 29.2 Å². The number of hydrogen-bond acceptors (Lipinski definition) is 5. The van der Waals surface area contributed by atoms with Crippen LogP contribution in [0, 0.1) is 5.92 Å². The van der Waals surface area contributed by atoms with Gasteiger partial charge in [0.15, 0.2) is 0 Å². The fourth-order valence-corrected chi connectivity index (χ4v) is 3.93. The zero-order valence-electron chi connectivity index (χ0n) is 15.2. The molecule has 8 nitrogen and oxygen atoms in total. The van der Waals surface area contributed by atoms with Gasteiger partial charge in [-0.25, -0.2) is 8.42 Å². The van der Waals surface area contributed by atoms with Crippen LogP contribution in [-0.2, 0) is 19.6 Å². The average molecular weight is 383 g/mol. The number of ether oxygens (including phenoxy) is 1. The van der Waals surface area contributed by atoms with Crippen LogP contribution >= 0.6 is 0 Å². The molecule has 0 spiro atoms. The summed E-state index contributed by atoms with van der Waals surface area (Å²) in [6.07, 6.45) is 0.340. The Morgan fingerprint density at radius 2 is 1.96 bits per heavy atom. The van der Waals surface area contributed by atoms with Gasteiger partial charge in [-0.15, -0.1) is 0 Å². The molecule has 1 aromatic carbocycles. The SMILES string of the molecule is COc1ccc(S(=O)(=O)NC(CC(C)C)C(=O)N2CCNC(=O)C2)cc1. The highest BCUT2D eigenvalue weighted by Gasteiger charge is 2.32. The van der Waals surface area contributed by atoms with E-state index in [1.807, 2.05) is 13.8 Å². The zero-order valence-corrected chi connectivity index (χ0v) is 16.0. The van der Waals surface area contributed by atoms with Gasteiger partial charge in [0.05, 0.1) is 18.6 Å². The minimum atomic E-state index is -3.88. The van der Waals surface area contributed by atoms with E-state index in [0.29, 0.717) is 25.3 Å². The molecule has 0 radical (unpaired) electrons. The van der Waals surface area contributed by atoms with Gasteiger partial charge in [-0.1, -0.05) is 13.8 Å². The summed E-state index contributed by atoms with van der Waals surface area (Å²) in [6, 6.07) is 5.01. The van der Waals surface area contributed by atoms with Gasteiger partial charge in [0.2, 0.25) is 21.8 Å². The maximum atomic E-state index is 12.8. The van der Waals surface area contributed by atoms with E-state index >= 15 is 0 Å². The Morgan fingerprint density at radius 3 is 2.50 bits per heavy atom. The maximum absolute atomic E-state index is 12.8. The van der Waals surface area contributed by atoms with Crippen molar-refractivity contribution in [3.8, 4) is 5.75 Å². The normalized spacial score (nSPS) is 16.3. The summed E-state index contributed by atoms with van der Waals surface area (Å²) in [5.41, 5.74) is 0. The lowest BCUT2D eigenvalue weighted by molar-refractivity contribution is -0.139. The molecule has 26 heavy (non-hydrogen) atoms. The summed E-state index contributed by atoms with van der Waals surface area (Å²) in [7, 11) is -2.39. The quantitative estimate of drug-likeness (QED) is 0.707. The minimum Gasteiger partial charge on any atom is -0.497 e. The van der Waals surface area contributed by atoms with Gasteiger partial charge >= 0.3 is 0 Å². The molecule has 2 rings (SSSR count). The number of sulfonamides is 1. The Hall–Kier alpha value is -2.13. The van der Waals surface area contributed by atoms with Crippen molar-refractivity contribution in [1.29, 1.82) is 0 Å². The van der Waals surface area contributed by atoms with Gasteiger partial charge in [0, 0.05) is 13.1 Å².